The van der Waals surface area contributed by atoms with E-state index < -0.39 is 0 Å². The Balaban J connectivity index is 1.55. The third-order valence-corrected chi connectivity index (χ3v) is 3.98. The molecule has 0 saturated carbocycles. The predicted octanol–water partition coefficient (Wildman–Crippen LogP) is 3.60. The van der Waals surface area contributed by atoms with E-state index in [1.807, 2.05) is 30.3 Å². The predicted molar refractivity (Wildman–Crippen MR) is 83.6 cm³/mol. The van der Waals surface area contributed by atoms with Gasteiger partial charge in [0.05, 0.1) is 19.4 Å². The number of hydrogen-bond donors (Lipinski definition) is 0. The number of para-hydroxylation sites is 1. The Morgan fingerprint density at radius 3 is 2.77 bits per heavy atom. The van der Waals surface area contributed by atoms with Crippen LogP contribution in [0.5, 0.6) is 0 Å². The summed E-state index contributed by atoms with van der Waals surface area (Å²) < 4.78 is 13.5. The summed E-state index contributed by atoms with van der Waals surface area (Å²) in [5.41, 5.74) is 2.33. The molecule has 1 aliphatic rings. The molecule has 22 heavy (non-hydrogen) atoms. The average molecular weight is 294 g/mol. The average Bonchev–Trinajstić information content (AvgIpc) is 3.30. The first-order valence-electron chi connectivity index (χ1n) is 7.51. The molecule has 1 saturated heterocycles. The summed E-state index contributed by atoms with van der Waals surface area (Å²) in [5.74, 6) is 0.970. The second-order valence-electron chi connectivity index (χ2n) is 5.46. The van der Waals surface area contributed by atoms with Crippen molar-refractivity contribution < 1.29 is 9.15 Å². The Morgan fingerprint density at radius 1 is 1.05 bits per heavy atom. The zero-order valence-electron chi connectivity index (χ0n) is 12.3. The second kappa shape index (κ2) is 5.83. The lowest BCUT2D eigenvalue weighted by molar-refractivity contribution is 0.0258. The van der Waals surface area contributed by atoms with Gasteiger partial charge in [-0.15, -0.1) is 0 Å². The molecule has 2 aromatic heterocycles. The highest BCUT2D eigenvalue weighted by molar-refractivity contribution is 5.34. The minimum atomic E-state index is -0.00457. The molecule has 4 heteroatoms. The van der Waals surface area contributed by atoms with Crippen molar-refractivity contribution in [3.63, 3.8) is 0 Å². The third kappa shape index (κ3) is 2.58. The molecular formula is C18H18N2O2. The Kier molecular flexibility index (Phi) is 3.54. The molecule has 4 rings (SSSR count). The highest BCUT2D eigenvalue weighted by Gasteiger charge is 2.28. The summed E-state index contributed by atoms with van der Waals surface area (Å²) in [6.45, 7) is 2.44. The molecule has 1 fully saturated rings. The molecule has 3 heterocycles. The van der Waals surface area contributed by atoms with Gasteiger partial charge >= 0.3 is 0 Å². The van der Waals surface area contributed by atoms with Crippen LogP contribution in [0.25, 0.3) is 5.69 Å². The van der Waals surface area contributed by atoms with Crippen LogP contribution in [0.15, 0.2) is 71.6 Å². The first kappa shape index (κ1) is 13.4. The van der Waals surface area contributed by atoms with Crippen LogP contribution >= 0.6 is 0 Å². The molecule has 1 atom stereocenters. The fourth-order valence-corrected chi connectivity index (χ4v) is 2.90. The number of aromatic nitrogens is 1. The Bertz CT molecular complexity index is 719. The maximum atomic E-state index is 5.92. The van der Waals surface area contributed by atoms with Gasteiger partial charge in [-0.3, -0.25) is 4.90 Å². The second-order valence-corrected chi connectivity index (χ2v) is 5.46. The van der Waals surface area contributed by atoms with E-state index in [1.54, 1.807) is 6.26 Å². The van der Waals surface area contributed by atoms with Gasteiger partial charge in [0, 0.05) is 30.2 Å². The standard InChI is InChI=1S/C18H18N2O2/c1-2-5-16(6-3-1)19-9-8-15(13-19)18-20(10-12-22-18)14-17-7-4-11-21-17/h1-9,11,13,18H,10,12,14H2. The molecule has 0 spiro atoms. The Morgan fingerprint density at radius 2 is 1.95 bits per heavy atom. The van der Waals surface area contributed by atoms with Crippen LogP contribution in [0, 0.1) is 0 Å². The summed E-state index contributed by atoms with van der Waals surface area (Å²) >= 11 is 0. The van der Waals surface area contributed by atoms with Gasteiger partial charge in [0.25, 0.3) is 0 Å². The van der Waals surface area contributed by atoms with Crippen molar-refractivity contribution in [2.45, 2.75) is 12.8 Å². The molecule has 0 N–H and O–H groups in total. The molecule has 0 aliphatic carbocycles. The van der Waals surface area contributed by atoms with Crippen LogP contribution in [0.2, 0.25) is 0 Å². The number of nitrogens with zero attached hydrogens (tertiary/aromatic N) is 2. The van der Waals surface area contributed by atoms with Crippen LogP contribution in [0.3, 0.4) is 0 Å². The van der Waals surface area contributed by atoms with E-state index in [1.165, 1.54) is 5.56 Å². The van der Waals surface area contributed by atoms with Crippen LogP contribution < -0.4 is 0 Å². The number of rotatable bonds is 4. The van der Waals surface area contributed by atoms with E-state index in [2.05, 4.69) is 40.1 Å². The summed E-state index contributed by atoms with van der Waals surface area (Å²) in [4.78, 5) is 2.30. The van der Waals surface area contributed by atoms with Gasteiger partial charge in [-0.05, 0) is 30.3 Å². The molecule has 0 radical (unpaired) electrons. The van der Waals surface area contributed by atoms with Gasteiger partial charge in [0.1, 0.15) is 12.0 Å². The quantitative estimate of drug-likeness (QED) is 0.736. The molecular weight excluding hydrogens is 276 g/mol. The van der Waals surface area contributed by atoms with Gasteiger partial charge in [0.15, 0.2) is 0 Å². The fourth-order valence-electron chi connectivity index (χ4n) is 2.90. The molecule has 112 valence electrons. The van der Waals surface area contributed by atoms with E-state index in [9.17, 15) is 0 Å². The lowest BCUT2D eigenvalue weighted by Gasteiger charge is -2.21. The smallest absolute Gasteiger partial charge is 0.138 e. The van der Waals surface area contributed by atoms with Gasteiger partial charge in [0.2, 0.25) is 0 Å². The molecule has 0 bridgehead atoms. The van der Waals surface area contributed by atoms with E-state index in [0.717, 1.165) is 31.1 Å². The molecule has 3 aromatic rings. The molecule has 4 nitrogen and oxygen atoms in total. The van der Waals surface area contributed by atoms with Crippen LogP contribution in [-0.4, -0.2) is 22.6 Å². The lowest BCUT2D eigenvalue weighted by Crippen LogP contribution is -2.22. The van der Waals surface area contributed by atoms with Crippen LogP contribution in [-0.2, 0) is 11.3 Å². The monoisotopic (exact) mass is 294 g/mol. The maximum absolute atomic E-state index is 5.92. The molecule has 1 aliphatic heterocycles. The highest BCUT2D eigenvalue weighted by Crippen LogP contribution is 2.29. The first-order chi connectivity index (χ1) is 10.9. The SMILES string of the molecule is c1ccc(-n2ccc(C3OCCN3Cc3ccco3)c2)cc1. The number of hydrogen-bond acceptors (Lipinski definition) is 3. The topological polar surface area (TPSA) is 30.5 Å². The van der Waals surface area contributed by atoms with Crippen molar-refractivity contribution in [3.8, 4) is 5.69 Å². The van der Waals surface area contributed by atoms with Gasteiger partial charge in [-0.1, -0.05) is 18.2 Å². The normalized spacial score (nSPS) is 18.8. The van der Waals surface area contributed by atoms with E-state index in [-0.39, 0.29) is 6.23 Å². The first-order valence-corrected chi connectivity index (χ1v) is 7.51. The van der Waals surface area contributed by atoms with Gasteiger partial charge in [-0.25, -0.2) is 0 Å². The molecule has 0 amide bonds. The summed E-state index contributed by atoms with van der Waals surface area (Å²) in [6.07, 6.45) is 5.93. The third-order valence-electron chi connectivity index (χ3n) is 3.98. The fraction of sp³-hybridized carbons (Fsp3) is 0.222. The maximum Gasteiger partial charge on any atom is 0.138 e. The van der Waals surface area contributed by atoms with Crippen molar-refractivity contribution in [3.05, 3.63) is 78.5 Å². The minimum Gasteiger partial charge on any atom is -0.468 e. The summed E-state index contributed by atoms with van der Waals surface area (Å²) in [7, 11) is 0. The van der Waals surface area contributed by atoms with Gasteiger partial charge < -0.3 is 13.7 Å². The van der Waals surface area contributed by atoms with Crippen LogP contribution in [0.1, 0.15) is 17.6 Å². The number of ether oxygens (including phenoxy) is 1. The molecule has 1 unspecified atom stereocenters. The van der Waals surface area contributed by atoms with Gasteiger partial charge in [-0.2, -0.15) is 0 Å². The Labute approximate surface area is 129 Å². The van der Waals surface area contributed by atoms with Crippen molar-refractivity contribution in [2.75, 3.05) is 13.2 Å². The van der Waals surface area contributed by atoms with E-state index in [0.29, 0.717) is 0 Å². The van der Waals surface area contributed by atoms with Crippen LogP contribution in [0.4, 0.5) is 0 Å². The Hall–Kier alpha value is -2.30. The van der Waals surface area contributed by atoms with E-state index >= 15 is 0 Å². The van der Waals surface area contributed by atoms with E-state index in [4.69, 9.17) is 9.15 Å². The summed E-state index contributed by atoms with van der Waals surface area (Å²) in [6, 6.07) is 16.4. The number of furan rings is 1. The highest BCUT2D eigenvalue weighted by atomic mass is 16.5. The van der Waals surface area contributed by atoms with Crippen molar-refractivity contribution in [1.29, 1.82) is 0 Å². The summed E-state index contributed by atoms with van der Waals surface area (Å²) in [5, 5.41) is 0. The largest absolute Gasteiger partial charge is 0.468 e. The number of benzene rings is 1. The van der Waals surface area contributed by atoms with Crippen molar-refractivity contribution in [1.82, 2.24) is 9.47 Å². The lowest BCUT2D eigenvalue weighted by atomic mass is 10.2. The zero-order chi connectivity index (χ0) is 14.8. The van der Waals surface area contributed by atoms with Crippen molar-refractivity contribution >= 4 is 0 Å². The molecule has 1 aromatic carbocycles. The zero-order valence-corrected chi connectivity index (χ0v) is 12.3. The van der Waals surface area contributed by atoms with Crippen molar-refractivity contribution in [2.24, 2.45) is 0 Å². The minimum absolute atomic E-state index is 0.00457.